The second-order valence-electron chi connectivity index (χ2n) is 22.2. The number of fused-ring (bicyclic) bond motifs is 5. The number of anilines is 6. The van der Waals surface area contributed by atoms with Gasteiger partial charge in [-0.3, -0.25) is 45.0 Å². The fourth-order valence-corrected chi connectivity index (χ4v) is 10.4. The van der Waals surface area contributed by atoms with Gasteiger partial charge in [-0.2, -0.15) is 19.6 Å². The van der Waals surface area contributed by atoms with Gasteiger partial charge in [0, 0.05) is 92.2 Å². The van der Waals surface area contributed by atoms with Crippen molar-refractivity contribution in [3.8, 4) is 5.69 Å². The van der Waals surface area contributed by atoms with Gasteiger partial charge in [0.2, 0.25) is 21.0 Å². The summed E-state index contributed by atoms with van der Waals surface area (Å²) >= 11 is 28.0. The molecule has 29 nitrogen and oxygen atoms in total. The van der Waals surface area contributed by atoms with Gasteiger partial charge >= 0.3 is 28.4 Å². The third kappa shape index (κ3) is 25.1. The first-order valence-electron chi connectivity index (χ1n) is 30.3. The van der Waals surface area contributed by atoms with Crippen LogP contribution in [-0.4, -0.2) is 110 Å². The molecular formula is C70H78Cl6N22O7. The van der Waals surface area contributed by atoms with E-state index in [4.69, 9.17) is 85.0 Å². The van der Waals surface area contributed by atoms with Gasteiger partial charge in [0.05, 0.1) is 61.6 Å². The number of nitrogen functional groups attached to an aromatic ring is 2. The van der Waals surface area contributed by atoms with Crippen LogP contribution in [0.2, 0.25) is 26.3 Å². The fraction of sp³-hybridized carbons (Fsp3) is 0.243. The van der Waals surface area contributed by atoms with Crippen LogP contribution < -0.4 is 45.2 Å². The molecule has 0 unspecified atom stereocenters. The summed E-state index contributed by atoms with van der Waals surface area (Å²) in [7, 11) is 0. The normalized spacial score (nSPS) is 12.9. The number of hydrogen-bond donors (Lipinski definition) is 6. The van der Waals surface area contributed by atoms with E-state index < -0.39 is 15.8 Å². The molecule has 10 heterocycles. The largest absolute Gasteiger partial charge is 1.00 e. The van der Waals surface area contributed by atoms with Gasteiger partial charge < -0.3 is 50.1 Å². The van der Waals surface area contributed by atoms with Crippen molar-refractivity contribution in [2.75, 3.05) is 35.3 Å². The molecule has 9 aromatic heterocycles. The maximum atomic E-state index is 11.0. The molecule has 10 N–H and O–H groups in total. The molecule has 35 heteroatoms. The Morgan fingerprint density at radius 3 is 1.53 bits per heavy atom. The van der Waals surface area contributed by atoms with Crippen LogP contribution in [0.3, 0.4) is 0 Å². The zero-order valence-electron chi connectivity index (χ0n) is 54.0. The van der Waals surface area contributed by atoms with Crippen LogP contribution in [-0.2, 0) is 9.53 Å². The van der Waals surface area contributed by atoms with Crippen molar-refractivity contribution in [3.05, 3.63) is 215 Å². The molecule has 105 heavy (non-hydrogen) atoms. The highest BCUT2D eigenvalue weighted by atomic mass is 35.5. The number of nitrogens with one attached hydrogen (secondary N) is 3. The maximum Gasteiger partial charge on any atom is 0.396 e. The number of nitrogens with zero attached hydrogens (tertiary/aromatic N) is 16. The van der Waals surface area contributed by atoms with E-state index in [0.29, 0.717) is 34.8 Å². The first kappa shape index (κ1) is 86.8. The maximum absolute atomic E-state index is 11.0. The number of hydrogen-bond acceptors (Lipinski definition) is 24. The number of H-pyrrole nitrogens is 1. The number of benzene rings is 4. The molecule has 1 aliphatic heterocycles. The number of carboxylic acid groups (broad SMARTS) is 1. The van der Waals surface area contributed by atoms with Crippen molar-refractivity contribution in [2.24, 2.45) is 11.7 Å². The molecule has 2 aliphatic rings. The number of rotatable bonds is 8. The van der Waals surface area contributed by atoms with Gasteiger partial charge in [0.25, 0.3) is 0 Å². The number of aryl methyl sites for hydroxylation is 4. The lowest BCUT2D eigenvalue weighted by Gasteiger charge is -2.09. The lowest BCUT2D eigenvalue weighted by Crippen LogP contribution is -3.00. The summed E-state index contributed by atoms with van der Waals surface area (Å²) in [6, 6.07) is 38.9. The summed E-state index contributed by atoms with van der Waals surface area (Å²) in [5.74, 6) is -0.291. The van der Waals surface area contributed by atoms with E-state index in [2.05, 4.69) is 80.8 Å². The molecule has 15 rings (SSSR count). The summed E-state index contributed by atoms with van der Waals surface area (Å²) in [5.41, 5.74) is 28.9. The molecule has 0 bridgehead atoms. The lowest BCUT2D eigenvalue weighted by atomic mass is 10.1. The van der Waals surface area contributed by atoms with Crippen molar-refractivity contribution in [2.45, 2.75) is 95.5 Å². The van der Waals surface area contributed by atoms with Gasteiger partial charge in [-0.25, -0.2) is 19.9 Å². The van der Waals surface area contributed by atoms with Crippen LogP contribution >= 0.6 is 58.0 Å². The van der Waals surface area contributed by atoms with E-state index in [1.54, 1.807) is 16.9 Å². The highest BCUT2D eigenvalue weighted by molar-refractivity contribution is 6.33. The first-order chi connectivity index (χ1) is 47.9. The van der Waals surface area contributed by atoms with Gasteiger partial charge in [0.1, 0.15) is 6.20 Å². The third-order valence-electron chi connectivity index (χ3n) is 14.6. The Morgan fingerprint density at radius 1 is 0.571 bits per heavy atom. The Bertz CT molecular complexity index is 5060. The second kappa shape index (κ2) is 41.0. The van der Waals surface area contributed by atoms with Crippen molar-refractivity contribution >= 4 is 165 Å². The molecule has 1 aliphatic carbocycles. The zero-order chi connectivity index (χ0) is 71.6. The Morgan fingerprint density at radius 2 is 1.05 bits per heavy atom. The lowest BCUT2D eigenvalue weighted by molar-refractivity contribution is -0.421. The zero-order valence-corrected chi connectivity index (χ0v) is 58.5. The van der Waals surface area contributed by atoms with Gasteiger partial charge in [-0.15, -0.1) is 5.10 Å². The summed E-state index contributed by atoms with van der Waals surface area (Å²) in [4.78, 5) is 77.1. The number of carbonyl (C=O) groups is 1. The van der Waals surface area contributed by atoms with Crippen molar-refractivity contribution in [1.29, 1.82) is 0 Å². The van der Waals surface area contributed by atoms with E-state index in [1.165, 1.54) is 25.2 Å². The van der Waals surface area contributed by atoms with Crippen molar-refractivity contribution < 1.29 is 41.9 Å². The smallest absolute Gasteiger partial charge is 0.396 e. The molecule has 0 radical (unpaired) electrons. The Kier molecular flexibility index (Phi) is 33.9. The Labute approximate surface area is 635 Å². The molecule has 552 valence electrons. The second-order valence-corrected chi connectivity index (χ2v) is 23.9. The molecule has 1 saturated heterocycles. The van der Waals surface area contributed by atoms with E-state index in [9.17, 15) is 25.0 Å². The molecular weight excluding hydrogens is 1470 g/mol. The summed E-state index contributed by atoms with van der Waals surface area (Å²) in [6.07, 6.45) is 10.0. The molecule has 4 aromatic carbocycles. The number of ether oxygens (including phenoxy) is 1. The number of nitrogens with two attached hydrogens (primary N) is 3. The number of carboxylic acids is 1. The minimum Gasteiger partial charge on any atom is -1.00 e. The highest BCUT2D eigenvalue weighted by Crippen LogP contribution is 2.29. The predicted octanol–water partition coefficient (Wildman–Crippen LogP) is 13.5. The summed E-state index contributed by atoms with van der Waals surface area (Å²) in [6.45, 7) is 9.84. The van der Waals surface area contributed by atoms with E-state index in [1.807, 2.05) is 143 Å². The molecule has 0 amide bonds. The van der Waals surface area contributed by atoms with Crippen molar-refractivity contribution in [1.82, 2.24) is 69.8 Å². The fourth-order valence-electron chi connectivity index (χ4n) is 9.65. The summed E-state index contributed by atoms with van der Waals surface area (Å²) in [5, 5.41) is 48.0. The first-order valence-corrected chi connectivity index (χ1v) is 32.2. The molecule has 13 aromatic rings. The predicted molar refractivity (Wildman–Crippen MR) is 412 cm³/mol. The van der Waals surface area contributed by atoms with Gasteiger partial charge in [-0.05, 0) is 197 Å². The quantitative estimate of drug-likeness (QED) is 0.0270. The third-order valence-corrected chi connectivity index (χ3v) is 15.6. The van der Waals surface area contributed by atoms with E-state index >= 15 is 0 Å². The molecule has 0 spiro atoms. The minimum atomic E-state index is -0.692. The molecule has 2 fully saturated rings. The van der Waals surface area contributed by atoms with E-state index in [0.717, 1.165) is 116 Å². The average Bonchev–Trinajstić information content (AvgIpc) is 1.69. The van der Waals surface area contributed by atoms with Crippen LogP contribution in [0, 0.1) is 53.8 Å². The number of nitro groups is 2. The standard InChI is InChI=1S/C14H9ClN6.C14H10ClN5O2.C14H12ClN5.C10H10N2.C6H11NO2.C4HCl2N3O2.C4H8O.4CH4.ClH/c1-8-2-3-9-6-10(4-5-11(9)17-8)21-13-12(19-20-21)7-16-14(15)18-13;1-8-2-3-9-6-10(4-5-11(9)17-8)18-13-12(20(21)22)7-16-14(15)19-13;1-8-2-3-9-6-10(4-5-12(9)18-8)19-13-11(16)7-17-14(15)20-13;1-7-2-3-8-6-9(11)4-5-10(8)12-7;7-5-2-1-4(3-5)6(8)9;5-3-2(9(10)11)1-7-4(6)8-3;1-2-4-5-3-1;;;;;/h2-7H,1H3;2-7H,1H3,(H,16,18,19);2-7H,16H2,1H3,(H,17,19,20);2-6H,11H2,1H3;4-5H,1-3,7H2,(H,8,9);1H;1-4H2;4*1H4;1H/t;;;;4-,5-;;;;;;;/m....1......./s1. The summed E-state index contributed by atoms with van der Waals surface area (Å²) < 4.78 is 6.59. The minimum absolute atomic E-state index is 0. The van der Waals surface area contributed by atoms with Crippen LogP contribution in [0.4, 0.5) is 45.8 Å². The van der Waals surface area contributed by atoms with E-state index in [-0.39, 0.29) is 97.6 Å². The van der Waals surface area contributed by atoms with Crippen molar-refractivity contribution in [3.63, 3.8) is 0 Å². The van der Waals surface area contributed by atoms with Crippen LogP contribution in [0.5, 0.6) is 0 Å². The number of aliphatic carboxylic acids is 1. The Hall–Kier alpha value is -10.6. The number of pyridine rings is 4. The SMILES string of the molecule is C.C.C.C.C1CCOC1.Cc1ccc2cc(-n3nnc4cnc(Cl)nc43)ccc2n1.Cc1ccc2cc(N)ccc2n1.Cc1ccc2cc(Nc3nc(Cl)[nH+]cc3[N+](=O)[O-])ccc2n1.Cc1ccc2cc(Nc3nc(Cl)ncc3N)ccc2n1.N[C@@H]1CC[C@@H](C(=O)O)C1.O=[N+]([O-])c1cnc(Cl)nc1Cl.[Cl-]. The number of aromatic nitrogens is 15. The molecule has 2 atom stereocenters. The topological polar surface area (TPSA) is 422 Å². The Balaban J connectivity index is 0.000000267. The monoisotopic (exact) mass is 1550 g/mol. The van der Waals surface area contributed by atoms with Gasteiger partial charge in [-0.1, -0.05) is 70.8 Å². The number of halogens is 6. The van der Waals surface area contributed by atoms with Crippen LogP contribution in [0.25, 0.3) is 60.5 Å². The average molecular weight is 1550 g/mol. The number of aromatic amines is 1. The van der Waals surface area contributed by atoms with Crippen LogP contribution in [0.15, 0.2) is 146 Å². The highest BCUT2D eigenvalue weighted by Gasteiger charge is 2.27. The molecule has 1 saturated carbocycles. The van der Waals surface area contributed by atoms with Gasteiger partial charge in [0.15, 0.2) is 23.2 Å². The van der Waals surface area contributed by atoms with Crippen LogP contribution in [0.1, 0.15) is 84.6 Å².